The van der Waals surface area contributed by atoms with Crippen LogP contribution >= 0.6 is 15.9 Å². The number of halogens is 2. The van der Waals surface area contributed by atoms with Gasteiger partial charge in [0.15, 0.2) is 5.82 Å². The number of aromatic nitrogens is 2. The molecule has 3 N–H and O–H groups in total. The number of nitrogens with one attached hydrogen (secondary N) is 1. The number of fused-ring (bicyclic) bond motifs is 1. The minimum absolute atomic E-state index is 0.319. The fraction of sp³-hybridized carbons (Fsp3) is 0.333. The average Bonchev–Trinajstić information content (AvgIpc) is 2.70. The maximum absolute atomic E-state index is 13.6. The molecule has 0 bridgehead atoms. The Kier molecular flexibility index (Phi) is 4.17. The van der Waals surface area contributed by atoms with Gasteiger partial charge in [-0.05, 0) is 43.9 Å². The van der Waals surface area contributed by atoms with E-state index in [1.165, 1.54) is 18.6 Å². The summed E-state index contributed by atoms with van der Waals surface area (Å²) in [6, 6.07) is 4.65. The second-order valence-corrected chi connectivity index (χ2v) is 6.10. The molecule has 1 aliphatic carbocycles. The summed E-state index contributed by atoms with van der Waals surface area (Å²) in [5.74, 6) is 6.44. The number of hydrogen-bond acceptors (Lipinski definition) is 4. The molecule has 6 heteroatoms. The molecule has 0 saturated carbocycles. The highest BCUT2D eigenvalue weighted by Crippen LogP contribution is 2.29. The van der Waals surface area contributed by atoms with Gasteiger partial charge in [-0.1, -0.05) is 22.4 Å². The van der Waals surface area contributed by atoms with E-state index in [1.54, 1.807) is 0 Å². The van der Waals surface area contributed by atoms with Crippen LogP contribution in [0.4, 0.5) is 10.2 Å². The second-order valence-electron chi connectivity index (χ2n) is 5.18. The minimum Gasteiger partial charge on any atom is -0.308 e. The van der Waals surface area contributed by atoms with Crippen LogP contribution < -0.4 is 11.3 Å². The molecule has 0 atom stereocenters. The van der Waals surface area contributed by atoms with Crippen LogP contribution in [0.2, 0.25) is 0 Å². The van der Waals surface area contributed by atoms with Crippen LogP contribution in [0.15, 0.2) is 22.7 Å². The van der Waals surface area contributed by atoms with Crippen molar-refractivity contribution in [3.05, 3.63) is 39.7 Å². The molecule has 0 radical (unpaired) electrons. The Morgan fingerprint density at radius 2 is 1.90 bits per heavy atom. The van der Waals surface area contributed by atoms with Gasteiger partial charge in [0.1, 0.15) is 11.6 Å². The van der Waals surface area contributed by atoms with Gasteiger partial charge in [0, 0.05) is 21.3 Å². The smallest absolute Gasteiger partial charge is 0.161 e. The van der Waals surface area contributed by atoms with Crippen LogP contribution in [0.5, 0.6) is 0 Å². The number of nitrogens with zero attached hydrogens (tertiary/aromatic N) is 2. The van der Waals surface area contributed by atoms with Gasteiger partial charge in [-0.15, -0.1) is 0 Å². The number of hydrogen-bond donors (Lipinski definition) is 2. The standard InChI is InChI=1S/C15H16BrFN4/c16-10-6-9(7-11(17)8-10)14-19-13-5-3-1-2-4-12(13)15(20-14)21-18/h6-8H,1-5,18H2,(H,19,20,21). The zero-order chi connectivity index (χ0) is 14.8. The lowest BCUT2D eigenvalue weighted by Gasteiger charge is -2.13. The molecule has 110 valence electrons. The van der Waals surface area contributed by atoms with Crippen molar-refractivity contribution in [2.24, 2.45) is 5.84 Å². The van der Waals surface area contributed by atoms with Crippen molar-refractivity contribution in [1.29, 1.82) is 0 Å². The monoisotopic (exact) mass is 350 g/mol. The lowest BCUT2D eigenvalue weighted by atomic mass is 10.1. The predicted molar refractivity (Wildman–Crippen MR) is 84.2 cm³/mol. The highest BCUT2D eigenvalue weighted by atomic mass is 79.9. The molecule has 0 unspecified atom stereocenters. The largest absolute Gasteiger partial charge is 0.308 e. The van der Waals surface area contributed by atoms with Crippen LogP contribution in [0.25, 0.3) is 11.4 Å². The molecule has 1 heterocycles. The van der Waals surface area contributed by atoms with Gasteiger partial charge in [0.05, 0.1) is 0 Å². The summed E-state index contributed by atoms with van der Waals surface area (Å²) in [6.45, 7) is 0. The van der Waals surface area contributed by atoms with Crippen molar-refractivity contribution in [3.63, 3.8) is 0 Å². The van der Waals surface area contributed by atoms with Gasteiger partial charge >= 0.3 is 0 Å². The van der Waals surface area contributed by atoms with Crippen LogP contribution in [0, 0.1) is 5.82 Å². The molecular formula is C15H16BrFN4. The number of rotatable bonds is 2. The normalized spacial score (nSPS) is 14.4. The lowest BCUT2D eigenvalue weighted by Crippen LogP contribution is -2.14. The molecule has 0 saturated heterocycles. The first-order valence-corrected chi connectivity index (χ1v) is 7.79. The molecule has 1 aromatic carbocycles. The molecule has 1 aromatic heterocycles. The van der Waals surface area contributed by atoms with E-state index in [0.717, 1.165) is 36.9 Å². The number of anilines is 1. The summed E-state index contributed by atoms with van der Waals surface area (Å²) in [5, 5.41) is 0. The fourth-order valence-corrected chi connectivity index (χ4v) is 3.17. The van der Waals surface area contributed by atoms with Crippen LogP contribution in [0.3, 0.4) is 0 Å². The quantitative estimate of drug-likeness (QED) is 0.493. The zero-order valence-corrected chi connectivity index (χ0v) is 13.1. The zero-order valence-electron chi connectivity index (χ0n) is 11.5. The van der Waals surface area contributed by atoms with Gasteiger partial charge in [-0.3, -0.25) is 0 Å². The summed E-state index contributed by atoms with van der Waals surface area (Å²) < 4.78 is 14.2. The number of hydrazine groups is 1. The summed E-state index contributed by atoms with van der Waals surface area (Å²) in [6.07, 6.45) is 5.26. The fourth-order valence-electron chi connectivity index (χ4n) is 2.70. The third-order valence-electron chi connectivity index (χ3n) is 3.69. The molecule has 0 fully saturated rings. The SMILES string of the molecule is NNc1nc(-c2cc(F)cc(Br)c2)nc2c1CCCCC2. The molecule has 0 spiro atoms. The number of nitrogens with two attached hydrogens (primary N) is 1. The van der Waals surface area contributed by atoms with Crippen LogP contribution in [-0.4, -0.2) is 9.97 Å². The minimum atomic E-state index is -0.319. The van der Waals surface area contributed by atoms with E-state index in [-0.39, 0.29) is 5.82 Å². The Hall–Kier alpha value is -1.53. The molecule has 3 rings (SSSR count). The van der Waals surface area contributed by atoms with Crippen LogP contribution in [-0.2, 0) is 12.8 Å². The van der Waals surface area contributed by atoms with Gasteiger partial charge in [-0.2, -0.15) is 0 Å². The molecule has 2 aromatic rings. The number of benzene rings is 1. The van der Waals surface area contributed by atoms with Gasteiger partial charge in [0.2, 0.25) is 0 Å². The Balaban J connectivity index is 2.13. The van der Waals surface area contributed by atoms with Crippen molar-refractivity contribution in [3.8, 4) is 11.4 Å². The van der Waals surface area contributed by atoms with E-state index < -0.39 is 0 Å². The van der Waals surface area contributed by atoms with Crippen molar-refractivity contribution < 1.29 is 4.39 Å². The third-order valence-corrected chi connectivity index (χ3v) is 4.15. The second kappa shape index (κ2) is 6.07. The van der Waals surface area contributed by atoms with E-state index in [2.05, 4.69) is 31.3 Å². The van der Waals surface area contributed by atoms with E-state index >= 15 is 0 Å². The summed E-state index contributed by atoms with van der Waals surface area (Å²) in [4.78, 5) is 9.10. The molecular weight excluding hydrogens is 335 g/mol. The molecule has 4 nitrogen and oxygen atoms in total. The first kappa shape index (κ1) is 14.4. The predicted octanol–water partition coefficient (Wildman–Crippen LogP) is 3.60. The Morgan fingerprint density at radius 3 is 2.67 bits per heavy atom. The van der Waals surface area contributed by atoms with E-state index in [1.807, 2.05) is 6.07 Å². The summed E-state index contributed by atoms with van der Waals surface area (Å²) >= 11 is 3.30. The Morgan fingerprint density at radius 1 is 1.10 bits per heavy atom. The maximum Gasteiger partial charge on any atom is 0.161 e. The Labute approximate surface area is 131 Å². The van der Waals surface area contributed by atoms with Crippen molar-refractivity contribution in [2.45, 2.75) is 32.1 Å². The highest BCUT2D eigenvalue weighted by molar-refractivity contribution is 9.10. The molecule has 1 aliphatic rings. The van der Waals surface area contributed by atoms with Gasteiger partial charge < -0.3 is 5.43 Å². The van der Waals surface area contributed by atoms with E-state index in [9.17, 15) is 4.39 Å². The number of nitrogen functional groups attached to an aromatic ring is 1. The highest BCUT2D eigenvalue weighted by Gasteiger charge is 2.17. The molecule has 0 amide bonds. The van der Waals surface area contributed by atoms with E-state index in [4.69, 9.17) is 5.84 Å². The summed E-state index contributed by atoms with van der Waals surface area (Å²) in [5.41, 5.74) is 5.42. The van der Waals surface area contributed by atoms with E-state index in [0.29, 0.717) is 21.7 Å². The van der Waals surface area contributed by atoms with Crippen molar-refractivity contribution >= 4 is 21.7 Å². The summed E-state index contributed by atoms with van der Waals surface area (Å²) in [7, 11) is 0. The first-order chi connectivity index (χ1) is 10.2. The molecule has 0 aliphatic heterocycles. The lowest BCUT2D eigenvalue weighted by molar-refractivity contribution is 0.627. The maximum atomic E-state index is 13.6. The van der Waals surface area contributed by atoms with Crippen LogP contribution in [0.1, 0.15) is 30.5 Å². The average molecular weight is 351 g/mol. The third kappa shape index (κ3) is 3.06. The number of aryl methyl sites for hydroxylation is 1. The van der Waals surface area contributed by atoms with Crippen molar-refractivity contribution in [1.82, 2.24) is 9.97 Å². The first-order valence-electron chi connectivity index (χ1n) is 7.00. The van der Waals surface area contributed by atoms with Gasteiger partial charge in [-0.25, -0.2) is 20.2 Å². The van der Waals surface area contributed by atoms with Gasteiger partial charge in [0.25, 0.3) is 0 Å². The molecule has 21 heavy (non-hydrogen) atoms. The van der Waals surface area contributed by atoms with Crippen molar-refractivity contribution in [2.75, 3.05) is 5.43 Å². The topological polar surface area (TPSA) is 63.8 Å². The Bertz CT molecular complexity index is 655.